The van der Waals surface area contributed by atoms with Crippen molar-refractivity contribution in [2.45, 2.75) is 33.1 Å². The Labute approximate surface area is 201 Å². The molecular formula is C29H34N2O3. The van der Waals surface area contributed by atoms with Gasteiger partial charge in [0.25, 0.3) is 5.91 Å². The van der Waals surface area contributed by atoms with E-state index in [1.165, 1.54) is 22.9 Å². The van der Waals surface area contributed by atoms with Gasteiger partial charge < -0.3 is 19.4 Å². The van der Waals surface area contributed by atoms with E-state index in [0.717, 1.165) is 24.3 Å². The molecule has 1 aromatic heterocycles. The maximum absolute atomic E-state index is 13.8. The fourth-order valence-corrected chi connectivity index (χ4v) is 5.84. The van der Waals surface area contributed by atoms with Gasteiger partial charge >= 0.3 is 0 Å². The van der Waals surface area contributed by atoms with Gasteiger partial charge in [0.2, 0.25) is 0 Å². The van der Waals surface area contributed by atoms with Gasteiger partial charge in [0, 0.05) is 41.8 Å². The Bertz CT molecular complexity index is 1220. The quantitative estimate of drug-likeness (QED) is 0.430. The summed E-state index contributed by atoms with van der Waals surface area (Å²) in [7, 11) is 3.22. The molecule has 0 spiro atoms. The van der Waals surface area contributed by atoms with Crippen molar-refractivity contribution in [2.75, 3.05) is 27.3 Å². The minimum atomic E-state index is 0.0113. The van der Waals surface area contributed by atoms with Gasteiger partial charge in [0.15, 0.2) is 0 Å². The average Bonchev–Trinajstić information content (AvgIpc) is 3.28. The van der Waals surface area contributed by atoms with Crippen LogP contribution in [0.2, 0.25) is 0 Å². The third kappa shape index (κ3) is 3.97. The first-order valence-electron chi connectivity index (χ1n) is 12.2. The SMILES string of the molecule is COc1cc(OC)cc(C(=O)N(CCc2c[nH]c3ccccc23)CC2=CCC3CC2C3(C)C)c1. The fourth-order valence-electron chi connectivity index (χ4n) is 5.84. The number of aromatic nitrogens is 1. The fraction of sp³-hybridized carbons (Fsp3) is 0.414. The van der Waals surface area contributed by atoms with Crippen molar-refractivity contribution in [3.63, 3.8) is 0 Å². The smallest absolute Gasteiger partial charge is 0.254 e. The molecule has 3 aliphatic carbocycles. The van der Waals surface area contributed by atoms with E-state index in [2.05, 4.69) is 49.3 Å². The van der Waals surface area contributed by atoms with Gasteiger partial charge in [-0.2, -0.15) is 0 Å². The van der Waals surface area contributed by atoms with Crippen LogP contribution in [0.3, 0.4) is 0 Å². The predicted molar refractivity (Wildman–Crippen MR) is 136 cm³/mol. The number of benzene rings is 2. The normalized spacial score (nSPS) is 20.4. The van der Waals surface area contributed by atoms with Crippen LogP contribution in [0.25, 0.3) is 10.9 Å². The second kappa shape index (κ2) is 8.86. The van der Waals surface area contributed by atoms with Crippen LogP contribution in [-0.2, 0) is 6.42 Å². The van der Waals surface area contributed by atoms with Gasteiger partial charge in [-0.15, -0.1) is 0 Å². The van der Waals surface area contributed by atoms with Gasteiger partial charge in [-0.25, -0.2) is 0 Å². The largest absolute Gasteiger partial charge is 0.497 e. The number of aromatic amines is 1. The van der Waals surface area contributed by atoms with E-state index in [4.69, 9.17) is 9.47 Å². The highest BCUT2D eigenvalue weighted by Crippen LogP contribution is 2.59. The number of H-pyrrole nitrogens is 1. The van der Waals surface area contributed by atoms with Gasteiger partial charge in [0.05, 0.1) is 14.2 Å². The number of nitrogens with zero attached hydrogens (tertiary/aromatic N) is 1. The Hall–Kier alpha value is -3.21. The Kier molecular flexibility index (Phi) is 5.88. The third-order valence-electron chi connectivity index (χ3n) is 8.17. The summed E-state index contributed by atoms with van der Waals surface area (Å²) < 4.78 is 10.9. The molecule has 2 unspecified atom stereocenters. The first kappa shape index (κ1) is 22.6. The van der Waals surface area contributed by atoms with Crippen molar-refractivity contribution < 1.29 is 14.3 Å². The molecule has 1 N–H and O–H groups in total. The number of methoxy groups -OCH3 is 2. The molecule has 2 aromatic carbocycles. The summed E-state index contributed by atoms with van der Waals surface area (Å²) in [5.41, 5.74) is 4.70. The highest BCUT2D eigenvalue weighted by Gasteiger charge is 2.51. The number of fused-ring (bicyclic) bond motifs is 2. The summed E-state index contributed by atoms with van der Waals surface area (Å²) in [5.74, 6) is 2.60. The summed E-state index contributed by atoms with van der Waals surface area (Å²) in [4.78, 5) is 19.2. The Morgan fingerprint density at radius 3 is 2.53 bits per heavy atom. The molecule has 1 fully saturated rings. The van der Waals surface area contributed by atoms with E-state index >= 15 is 0 Å². The number of para-hydroxylation sites is 1. The van der Waals surface area contributed by atoms with Crippen LogP contribution in [-0.4, -0.2) is 43.1 Å². The molecule has 1 amide bonds. The number of carbonyl (C=O) groups is 1. The van der Waals surface area contributed by atoms with E-state index < -0.39 is 0 Å². The molecule has 5 nitrogen and oxygen atoms in total. The van der Waals surface area contributed by atoms with Crippen molar-refractivity contribution >= 4 is 16.8 Å². The molecular weight excluding hydrogens is 424 g/mol. The van der Waals surface area contributed by atoms with Crippen LogP contribution in [0, 0.1) is 17.3 Å². The second-order valence-corrected chi connectivity index (χ2v) is 10.3. The van der Waals surface area contributed by atoms with Crippen molar-refractivity contribution in [2.24, 2.45) is 17.3 Å². The summed E-state index contributed by atoms with van der Waals surface area (Å²) in [6, 6.07) is 13.7. The van der Waals surface area contributed by atoms with E-state index in [0.29, 0.717) is 41.5 Å². The van der Waals surface area contributed by atoms with Gasteiger partial charge in [-0.3, -0.25) is 4.79 Å². The van der Waals surface area contributed by atoms with Gasteiger partial charge in [0.1, 0.15) is 11.5 Å². The highest BCUT2D eigenvalue weighted by atomic mass is 16.5. The Morgan fingerprint density at radius 1 is 1.12 bits per heavy atom. The number of carbonyl (C=O) groups excluding carboxylic acids is 1. The van der Waals surface area contributed by atoms with Crippen molar-refractivity contribution in [3.05, 3.63) is 71.4 Å². The highest BCUT2D eigenvalue weighted by molar-refractivity contribution is 5.95. The zero-order valence-electron chi connectivity index (χ0n) is 20.6. The number of nitrogens with one attached hydrogen (secondary N) is 1. The number of hydrogen-bond donors (Lipinski definition) is 1. The van der Waals surface area contributed by atoms with Crippen LogP contribution >= 0.6 is 0 Å². The zero-order valence-corrected chi connectivity index (χ0v) is 20.6. The average molecular weight is 459 g/mol. The van der Waals surface area contributed by atoms with Crippen LogP contribution in [0.1, 0.15) is 42.6 Å². The molecule has 0 aliphatic heterocycles. The van der Waals surface area contributed by atoms with Crippen molar-refractivity contribution in [1.29, 1.82) is 0 Å². The molecule has 0 saturated heterocycles. The second-order valence-electron chi connectivity index (χ2n) is 10.3. The molecule has 1 saturated carbocycles. The number of hydrogen-bond acceptors (Lipinski definition) is 3. The number of amides is 1. The Morgan fingerprint density at radius 2 is 1.85 bits per heavy atom. The van der Waals surface area contributed by atoms with Gasteiger partial charge in [-0.05, 0) is 60.3 Å². The maximum atomic E-state index is 13.8. The molecule has 2 atom stereocenters. The molecule has 2 bridgehead atoms. The summed E-state index contributed by atoms with van der Waals surface area (Å²) in [6.07, 6.45) is 7.62. The van der Waals surface area contributed by atoms with Crippen LogP contribution in [0.4, 0.5) is 0 Å². The van der Waals surface area contributed by atoms with E-state index in [-0.39, 0.29) is 5.91 Å². The van der Waals surface area contributed by atoms with Crippen LogP contribution < -0.4 is 9.47 Å². The summed E-state index contributed by atoms with van der Waals surface area (Å²) >= 11 is 0. The minimum Gasteiger partial charge on any atom is -0.497 e. The lowest BCUT2D eigenvalue weighted by Gasteiger charge is -2.57. The standard InChI is InChI=1S/C29H34N2O3/c1-29(2)22-10-9-20(26(29)15-22)18-31(12-11-19-17-30-27-8-6-5-7-25(19)27)28(32)21-13-23(33-3)16-24(14-21)34-4/h5-9,13-14,16-17,22,26,30H,10-12,15,18H2,1-4H3. The van der Waals surface area contributed by atoms with E-state index in [1.807, 2.05) is 23.1 Å². The molecule has 6 rings (SSSR count). The predicted octanol–water partition coefficient (Wildman–Crippen LogP) is 5.86. The third-order valence-corrected chi connectivity index (χ3v) is 8.17. The molecule has 3 aromatic rings. The molecule has 3 aliphatic rings. The number of ether oxygens (including phenoxy) is 2. The van der Waals surface area contributed by atoms with Crippen molar-refractivity contribution in [3.8, 4) is 11.5 Å². The monoisotopic (exact) mass is 458 g/mol. The zero-order chi connectivity index (χ0) is 23.9. The van der Waals surface area contributed by atoms with Crippen molar-refractivity contribution in [1.82, 2.24) is 9.88 Å². The number of allylic oxidation sites excluding steroid dienone is 1. The molecule has 34 heavy (non-hydrogen) atoms. The first-order valence-corrected chi connectivity index (χ1v) is 12.2. The lowest BCUT2D eigenvalue weighted by molar-refractivity contribution is -0.0102. The number of rotatable bonds is 8. The van der Waals surface area contributed by atoms with Crippen LogP contribution in [0.15, 0.2) is 60.3 Å². The minimum absolute atomic E-state index is 0.0113. The summed E-state index contributed by atoms with van der Waals surface area (Å²) in [6.45, 7) is 6.07. The van der Waals surface area contributed by atoms with E-state index in [9.17, 15) is 4.79 Å². The summed E-state index contributed by atoms with van der Waals surface area (Å²) in [5, 5.41) is 1.22. The Balaban J connectivity index is 1.43. The molecule has 0 radical (unpaired) electrons. The van der Waals surface area contributed by atoms with Gasteiger partial charge in [-0.1, -0.05) is 43.7 Å². The van der Waals surface area contributed by atoms with Crippen LogP contribution in [0.5, 0.6) is 11.5 Å². The lowest BCUT2D eigenvalue weighted by Crippen LogP contribution is -2.50. The maximum Gasteiger partial charge on any atom is 0.254 e. The first-order chi connectivity index (χ1) is 16.4. The lowest BCUT2D eigenvalue weighted by atomic mass is 9.49. The molecule has 178 valence electrons. The topological polar surface area (TPSA) is 54.6 Å². The van der Waals surface area contributed by atoms with E-state index in [1.54, 1.807) is 20.3 Å². The molecule has 5 heteroatoms. The molecule has 1 heterocycles.